The third kappa shape index (κ3) is 5.29. The number of hydrogen-bond donors (Lipinski definition) is 0. The molecule has 0 aliphatic carbocycles. The van der Waals surface area contributed by atoms with Gasteiger partial charge in [-0.25, -0.2) is 14.8 Å². The van der Waals surface area contributed by atoms with E-state index in [4.69, 9.17) is 24.4 Å². The van der Waals surface area contributed by atoms with E-state index in [2.05, 4.69) is 19.6 Å². The lowest BCUT2D eigenvalue weighted by molar-refractivity contribution is 0.0197. The molecule has 0 spiro atoms. The van der Waals surface area contributed by atoms with Gasteiger partial charge in [0.2, 0.25) is 0 Å². The van der Waals surface area contributed by atoms with Crippen LogP contribution in [-0.2, 0) is 4.74 Å². The number of methoxy groups -OCH3 is 1. The molecule has 7 nitrogen and oxygen atoms in total. The summed E-state index contributed by atoms with van der Waals surface area (Å²) in [6.45, 7) is 15.0. The highest BCUT2D eigenvalue weighted by atomic mass is 16.6. The summed E-state index contributed by atoms with van der Waals surface area (Å²) in [7, 11) is 1.67. The van der Waals surface area contributed by atoms with Crippen LogP contribution in [0.4, 0.5) is 4.79 Å². The first kappa shape index (κ1) is 24.6. The number of likely N-dealkylation sites (tertiary alicyclic amines) is 1. The Labute approximate surface area is 207 Å². The zero-order valence-corrected chi connectivity index (χ0v) is 21.5. The fourth-order valence-corrected chi connectivity index (χ4v) is 4.65. The molecule has 4 rings (SSSR count). The molecule has 3 heterocycles. The van der Waals surface area contributed by atoms with Gasteiger partial charge >= 0.3 is 6.09 Å². The fourth-order valence-electron chi connectivity index (χ4n) is 4.65. The topological polar surface area (TPSA) is 77.4 Å². The predicted octanol–water partition coefficient (Wildman–Crippen LogP) is 6.07. The summed E-state index contributed by atoms with van der Waals surface area (Å²) in [5.41, 5.74) is 6.35. The molecule has 0 saturated carbocycles. The highest BCUT2D eigenvalue weighted by Gasteiger charge is 2.29. The van der Waals surface area contributed by atoms with E-state index in [1.807, 2.05) is 39.8 Å². The lowest BCUT2D eigenvalue weighted by Crippen LogP contribution is -2.42. The predicted molar refractivity (Wildman–Crippen MR) is 139 cm³/mol. The lowest BCUT2D eigenvalue weighted by Gasteiger charge is -2.33. The third-order valence-electron chi connectivity index (χ3n) is 6.20. The number of benzene rings is 1. The second-order valence-electron chi connectivity index (χ2n) is 10.2. The van der Waals surface area contributed by atoms with Crippen LogP contribution in [0.5, 0.6) is 5.75 Å². The van der Waals surface area contributed by atoms with Crippen molar-refractivity contribution in [3.8, 4) is 17.0 Å². The first-order chi connectivity index (χ1) is 16.6. The van der Waals surface area contributed by atoms with Crippen LogP contribution in [0.25, 0.3) is 28.5 Å². The van der Waals surface area contributed by atoms with Crippen LogP contribution < -0.4 is 4.74 Å². The van der Waals surface area contributed by atoms with Crippen LogP contribution in [0.3, 0.4) is 0 Å². The molecule has 1 atom stereocenters. The Morgan fingerprint density at radius 3 is 2.66 bits per heavy atom. The van der Waals surface area contributed by atoms with E-state index in [0.717, 1.165) is 52.2 Å². The molecule has 0 radical (unpaired) electrons. The highest BCUT2D eigenvalue weighted by molar-refractivity contribution is 5.86. The monoisotopic (exact) mass is 474 g/mol. The fraction of sp³-hybridized carbons (Fsp3) is 0.429. The average Bonchev–Trinajstić information content (AvgIpc) is 2.81. The second-order valence-corrected chi connectivity index (χ2v) is 10.2. The van der Waals surface area contributed by atoms with Gasteiger partial charge in [0.1, 0.15) is 16.9 Å². The van der Waals surface area contributed by atoms with Gasteiger partial charge < -0.3 is 14.4 Å². The van der Waals surface area contributed by atoms with Crippen molar-refractivity contribution in [2.24, 2.45) is 0 Å². The number of aryl methyl sites for hydroxylation is 2. The van der Waals surface area contributed by atoms with E-state index in [1.54, 1.807) is 24.3 Å². The van der Waals surface area contributed by atoms with E-state index >= 15 is 0 Å². The Morgan fingerprint density at radius 1 is 1.20 bits per heavy atom. The summed E-state index contributed by atoms with van der Waals surface area (Å²) in [5, 5.41) is 0. The maximum absolute atomic E-state index is 12.6. The number of pyridine rings is 1. The zero-order valence-electron chi connectivity index (χ0n) is 21.5. The molecule has 184 valence electrons. The smallest absolute Gasteiger partial charge is 0.410 e. The Hall–Kier alpha value is -3.48. The Morgan fingerprint density at radius 2 is 1.97 bits per heavy atom. The lowest BCUT2D eigenvalue weighted by atomic mass is 9.95. The van der Waals surface area contributed by atoms with Gasteiger partial charge in [-0.15, -0.1) is 0 Å². The van der Waals surface area contributed by atoms with Crippen LogP contribution in [0.15, 0.2) is 31.0 Å². The van der Waals surface area contributed by atoms with Gasteiger partial charge in [-0.2, -0.15) is 0 Å². The summed E-state index contributed by atoms with van der Waals surface area (Å²) in [5.74, 6) is 0.843. The molecule has 1 amide bonds. The maximum atomic E-state index is 12.6. The van der Waals surface area contributed by atoms with Crippen LogP contribution in [0.2, 0.25) is 0 Å². The van der Waals surface area contributed by atoms with Crippen LogP contribution in [0, 0.1) is 13.8 Å². The molecule has 1 aromatic carbocycles. The molecule has 0 unspecified atom stereocenters. The molecule has 7 heteroatoms. The SMILES string of the molecule is C=Cc1cc(-c2c(C)cc(C)cc2OC)nc2nc([C@@H]3CCCN(C(=O)OC(C)(C)C)C3)cnc12. The molecule has 0 N–H and O–H groups in total. The average molecular weight is 475 g/mol. The number of hydrogen-bond acceptors (Lipinski definition) is 6. The van der Waals surface area contributed by atoms with Crippen molar-refractivity contribution in [1.82, 2.24) is 19.9 Å². The van der Waals surface area contributed by atoms with E-state index in [0.29, 0.717) is 24.3 Å². The van der Waals surface area contributed by atoms with Crippen molar-refractivity contribution >= 4 is 23.3 Å². The van der Waals surface area contributed by atoms with Gasteiger partial charge in [-0.05, 0) is 70.7 Å². The van der Waals surface area contributed by atoms with Gasteiger partial charge in [0.25, 0.3) is 0 Å². The van der Waals surface area contributed by atoms with Crippen LogP contribution in [-0.4, -0.2) is 51.7 Å². The summed E-state index contributed by atoms with van der Waals surface area (Å²) in [6, 6.07) is 6.11. The molecule has 2 aromatic heterocycles. The normalized spacial score (nSPS) is 16.3. The van der Waals surface area contributed by atoms with Gasteiger partial charge in [-0.1, -0.05) is 18.7 Å². The van der Waals surface area contributed by atoms with Gasteiger partial charge in [0, 0.05) is 36.3 Å². The summed E-state index contributed by atoms with van der Waals surface area (Å²) in [6.07, 6.45) is 5.11. The van der Waals surface area contributed by atoms with E-state index in [1.165, 1.54) is 0 Å². The standard InChI is InChI=1S/C28H34N4O3/c1-8-19-14-21(24-18(3)12-17(2)13-23(24)34-7)30-26-25(19)29-15-22(31-26)20-10-9-11-32(16-20)27(33)35-28(4,5)6/h8,12-15,20H,1,9-11,16H2,2-7H3/t20-/m1/s1. The van der Waals surface area contributed by atoms with Crippen molar-refractivity contribution in [2.45, 2.75) is 59.0 Å². The minimum Gasteiger partial charge on any atom is -0.496 e. The first-order valence-electron chi connectivity index (χ1n) is 12.0. The number of carbonyl (C=O) groups excluding carboxylic acids is 1. The van der Waals surface area contributed by atoms with Crippen molar-refractivity contribution < 1.29 is 14.3 Å². The molecule has 1 saturated heterocycles. The molecule has 1 fully saturated rings. The minimum absolute atomic E-state index is 0.0708. The van der Waals surface area contributed by atoms with Crippen LogP contribution in [0.1, 0.15) is 61.9 Å². The number of ether oxygens (including phenoxy) is 2. The summed E-state index contributed by atoms with van der Waals surface area (Å²) in [4.78, 5) is 28.9. The largest absolute Gasteiger partial charge is 0.496 e. The molecule has 35 heavy (non-hydrogen) atoms. The Kier molecular flexibility index (Phi) is 6.79. The summed E-state index contributed by atoms with van der Waals surface area (Å²) >= 11 is 0. The van der Waals surface area contributed by atoms with Gasteiger partial charge in [0.05, 0.1) is 18.5 Å². The van der Waals surface area contributed by atoms with Crippen molar-refractivity contribution in [2.75, 3.05) is 20.2 Å². The molecule has 1 aliphatic rings. The number of rotatable bonds is 4. The number of fused-ring (bicyclic) bond motifs is 1. The zero-order chi connectivity index (χ0) is 25.3. The Bertz CT molecular complexity index is 1280. The van der Waals surface area contributed by atoms with Gasteiger partial charge in [0.15, 0.2) is 5.65 Å². The van der Waals surface area contributed by atoms with Crippen molar-refractivity contribution in [1.29, 1.82) is 0 Å². The highest BCUT2D eigenvalue weighted by Crippen LogP contribution is 2.35. The molecule has 3 aromatic rings. The maximum Gasteiger partial charge on any atom is 0.410 e. The molecular formula is C28H34N4O3. The van der Waals surface area contributed by atoms with Gasteiger partial charge in [-0.3, -0.25) is 4.98 Å². The first-order valence-corrected chi connectivity index (χ1v) is 12.0. The molecular weight excluding hydrogens is 440 g/mol. The quantitative estimate of drug-likeness (QED) is 0.456. The Balaban J connectivity index is 1.73. The number of carbonyl (C=O) groups is 1. The second kappa shape index (κ2) is 9.64. The minimum atomic E-state index is -0.524. The van der Waals surface area contributed by atoms with Crippen LogP contribution >= 0.6 is 0 Å². The molecule has 0 bridgehead atoms. The number of amides is 1. The third-order valence-corrected chi connectivity index (χ3v) is 6.20. The van der Waals surface area contributed by atoms with E-state index < -0.39 is 5.60 Å². The van der Waals surface area contributed by atoms with E-state index in [9.17, 15) is 4.79 Å². The van der Waals surface area contributed by atoms with Crippen molar-refractivity contribution in [3.05, 3.63) is 53.4 Å². The number of aromatic nitrogens is 3. The summed E-state index contributed by atoms with van der Waals surface area (Å²) < 4.78 is 11.3. The van der Waals surface area contributed by atoms with Crippen molar-refractivity contribution in [3.63, 3.8) is 0 Å². The molecule has 1 aliphatic heterocycles. The number of nitrogens with zero attached hydrogens (tertiary/aromatic N) is 4. The van der Waals surface area contributed by atoms with E-state index in [-0.39, 0.29) is 12.0 Å². The number of piperidine rings is 1.